The summed E-state index contributed by atoms with van der Waals surface area (Å²) in [5, 5.41) is 11.7. The van der Waals surface area contributed by atoms with E-state index in [-0.39, 0.29) is 31.6 Å². The molecule has 143 valence electrons. The molecule has 0 spiro atoms. The molecule has 0 unspecified atom stereocenters. The number of pyridine rings is 1. The number of carbonyl (C=O) groups is 1. The maximum absolute atomic E-state index is 10.0. The van der Waals surface area contributed by atoms with E-state index >= 15 is 0 Å². The molecule has 4 nitrogen and oxygen atoms in total. The molecular weight excluding hydrogens is 551 g/mol. The molecule has 0 aliphatic rings. The fraction of sp³-hybridized carbons (Fsp3) is 0.0909. The molecule has 0 saturated heterocycles. The van der Waals surface area contributed by atoms with Crippen molar-refractivity contribution in [3.63, 3.8) is 0 Å². The van der Waals surface area contributed by atoms with E-state index in [1.54, 1.807) is 11.3 Å². The Morgan fingerprint density at radius 3 is 2.57 bits per heavy atom. The fourth-order valence-electron chi connectivity index (χ4n) is 3.12. The minimum absolute atomic E-state index is 0. The molecule has 1 N–H and O–H groups in total. The minimum atomic E-state index is -0.125. The van der Waals surface area contributed by atoms with Gasteiger partial charge in [-0.05, 0) is 32.0 Å². The number of allylic oxidation sites excluding steroid dienone is 2. The maximum atomic E-state index is 10.0. The van der Waals surface area contributed by atoms with Gasteiger partial charge in [-0.2, -0.15) is 0 Å². The van der Waals surface area contributed by atoms with E-state index in [0.717, 1.165) is 27.5 Å². The number of aromatic nitrogens is 1. The molecule has 0 aliphatic carbocycles. The number of aliphatic hydroxyl groups excluding tert-OH is 1. The molecule has 0 fully saturated rings. The van der Waals surface area contributed by atoms with Crippen molar-refractivity contribution in [2.24, 2.45) is 0 Å². The number of furan rings is 1. The van der Waals surface area contributed by atoms with Crippen molar-refractivity contribution in [2.45, 2.75) is 13.8 Å². The number of aliphatic hydroxyl groups is 1. The SMILES string of the molecule is CC(=O)/C=C(/C)O.[Ir].[c-]1ccc2oc3cccc4sc5cccnc5c1c2c34. The molecule has 0 bridgehead atoms. The summed E-state index contributed by atoms with van der Waals surface area (Å²) >= 11 is 1.74. The number of nitrogens with zero attached hydrogens (tertiary/aromatic N) is 1. The van der Waals surface area contributed by atoms with Gasteiger partial charge >= 0.3 is 0 Å². The summed E-state index contributed by atoms with van der Waals surface area (Å²) in [5.74, 6) is -0.0625. The number of rotatable bonds is 1. The zero-order valence-electron chi connectivity index (χ0n) is 15.1. The van der Waals surface area contributed by atoms with Crippen LogP contribution in [0.2, 0.25) is 0 Å². The molecule has 28 heavy (non-hydrogen) atoms. The first kappa shape index (κ1) is 20.2. The quantitative estimate of drug-likeness (QED) is 0.150. The van der Waals surface area contributed by atoms with Crippen molar-refractivity contribution in [3.05, 3.63) is 66.6 Å². The van der Waals surface area contributed by atoms with E-state index in [9.17, 15) is 4.79 Å². The Labute approximate surface area is 178 Å². The average Bonchev–Trinajstić information content (AvgIpc) is 2.93. The molecule has 0 atom stereocenters. The molecule has 5 aromatic rings. The van der Waals surface area contributed by atoms with Crippen molar-refractivity contribution < 1.29 is 34.4 Å². The summed E-state index contributed by atoms with van der Waals surface area (Å²) in [5.41, 5.74) is 2.82. The van der Waals surface area contributed by atoms with Crippen LogP contribution < -0.4 is 0 Å². The van der Waals surface area contributed by atoms with Crippen molar-refractivity contribution >= 4 is 59.4 Å². The third-order valence-corrected chi connectivity index (χ3v) is 5.17. The molecular formula is C22H16IrNO3S-. The second kappa shape index (κ2) is 8.23. The van der Waals surface area contributed by atoms with Gasteiger partial charge in [0, 0.05) is 52.7 Å². The van der Waals surface area contributed by atoms with Crippen molar-refractivity contribution in [3.8, 4) is 0 Å². The molecule has 3 heterocycles. The smallest absolute Gasteiger partial charge is 0.155 e. The predicted octanol–water partition coefficient (Wildman–Crippen LogP) is 6.18. The molecule has 1 radical (unpaired) electrons. The minimum Gasteiger partial charge on any atom is -0.512 e. The van der Waals surface area contributed by atoms with Crippen molar-refractivity contribution in [1.29, 1.82) is 0 Å². The Bertz CT molecular complexity index is 1330. The number of fused-ring (bicyclic) bond motifs is 2. The van der Waals surface area contributed by atoms with Crippen LogP contribution in [0.5, 0.6) is 0 Å². The summed E-state index contributed by atoms with van der Waals surface area (Å²) in [6.07, 6.45) is 3.00. The van der Waals surface area contributed by atoms with Crippen LogP contribution in [0.25, 0.3) is 42.2 Å². The Morgan fingerprint density at radius 2 is 1.86 bits per heavy atom. The second-order valence-corrected chi connectivity index (χ2v) is 7.26. The van der Waals surface area contributed by atoms with Crippen LogP contribution in [0, 0.1) is 6.07 Å². The first-order valence-electron chi connectivity index (χ1n) is 8.41. The zero-order chi connectivity index (χ0) is 19.0. The first-order valence-corrected chi connectivity index (χ1v) is 9.23. The van der Waals surface area contributed by atoms with Gasteiger partial charge in [-0.1, -0.05) is 23.6 Å². The Kier molecular flexibility index (Phi) is 5.94. The topological polar surface area (TPSA) is 63.3 Å². The van der Waals surface area contributed by atoms with Gasteiger partial charge in [0.2, 0.25) is 0 Å². The number of carbonyl (C=O) groups excluding carboxylic acids is 1. The molecule has 3 aromatic heterocycles. The van der Waals surface area contributed by atoms with Gasteiger partial charge in [0.25, 0.3) is 0 Å². The van der Waals surface area contributed by atoms with E-state index in [0.29, 0.717) is 0 Å². The van der Waals surface area contributed by atoms with Crippen molar-refractivity contribution in [2.75, 3.05) is 0 Å². The molecule has 0 aliphatic heterocycles. The Morgan fingerprint density at radius 1 is 1.11 bits per heavy atom. The summed E-state index contributed by atoms with van der Waals surface area (Å²) in [7, 11) is 0. The first-order chi connectivity index (χ1) is 13.0. The predicted molar refractivity (Wildman–Crippen MR) is 110 cm³/mol. The maximum Gasteiger partial charge on any atom is 0.155 e. The summed E-state index contributed by atoms with van der Waals surface area (Å²) in [6.45, 7) is 2.85. The summed E-state index contributed by atoms with van der Waals surface area (Å²) in [6, 6.07) is 17.5. The molecule has 6 heteroatoms. The van der Waals surface area contributed by atoms with Crippen LogP contribution in [-0.4, -0.2) is 15.9 Å². The van der Waals surface area contributed by atoms with Gasteiger partial charge in [-0.15, -0.1) is 28.9 Å². The molecule has 2 aromatic carbocycles. The van der Waals surface area contributed by atoms with Crippen LogP contribution in [0.1, 0.15) is 13.8 Å². The van der Waals surface area contributed by atoms with Crippen LogP contribution >= 0.6 is 11.3 Å². The van der Waals surface area contributed by atoms with Crippen LogP contribution in [0.15, 0.2) is 64.9 Å². The van der Waals surface area contributed by atoms with E-state index in [4.69, 9.17) is 9.52 Å². The summed E-state index contributed by atoms with van der Waals surface area (Å²) in [4.78, 5) is 14.6. The summed E-state index contributed by atoms with van der Waals surface area (Å²) < 4.78 is 8.35. The monoisotopic (exact) mass is 567 g/mol. The molecule has 0 amide bonds. The van der Waals surface area contributed by atoms with E-state index < -0.39 is 0 Å². The number of benzene rings is 2. The third-order valence-electron chi connectivity index (χ3n) is 4.06. The Hall–Kier alpha value is -2.53. The van der Waals surface area contributed by atoms with Gasteiger partial charge in [0.1, 0.15) is 5.58 Å². The molecule has 5 rings (SSSR count). The molecule has 0 saturated carbocycles. The van der Waals surface area contributed by atoms with Gasteiger partial charge in [-0.3, -0.25) is 4.79 Å². The fourth-order valence-corrected chi connectivity index (χ4v) is 4.20. The van der Waals surface area contributed by atoms with Gasteiger partial charge in [0.05, 0.1) is 11.3 Å². The number of ketones is 1. The van der Waals surface area contributed by atoms with E-state index in [1.807, 2.05) is 36.5 Å². The largest absolute Gasteiger partial charge is 0.512 e. The van der Waals surface area contributed by atoms with Gasteiger partial charge in [0.15, 0.2) is 5.78 Å². The standard InChI is InChI=1S/C17H8NOS.C5H8O2.Ir/c1-4-10-15-11(5-1)19-12-6-2-7-13(16(12)15)20-14-8-3-9-18-17(10)14;1-4(6)3-5(2)7;/h1-3,5-9H;3,6H,1-2H3;/q-1;;/b;4-3-;. The number of hydrogen-bond acceptors (Lipinski definition) is 5. The number of hydrogen-bond donors (Lipinski definition) is 1. The zero-order valence-corrected chi connectivity index (χ0v) is 18.4. The van der Waals surface area contributed by atoms with Gasteiger partial charge < -0.3 is 14.5 Å². The van der Waals surface area contributed by atoms with E-state index in [1.165, 1.54) is 34.7 Å². The average molecular weight is 567 g/mol. The normalized spacial score (nSPS) is 11.4. The van der Waals surface area contributed by atoms with Crippen LogP contribution in [-0.2, 0) is 24.9 Å². The third kappa shape index (κ3) is 3.72. The van der Waals surface area contributed by atoms with Crippen molar-refractivity contribution in [1.82, 2.24) is 4.98 Å². The van der Waals surface area contributed by atoms with E-state index in [2.05, 4.69) is 23.2 Å². The van der Waals surface area contributed by atoms with Crippen LogP contribution in [0.4, 0.5) is 0 Å². The van der Waals surface area contributed by atoms with Gasteiger partial charge in [-0.25, -0.2) is 0 Å². The Balaban J connectivity index is 0.000000246. The van der Waals surface area contributed by atoms with Crippen LogP contribution in [0.3, 0.4) is 0 Å². The second-order valence-electron chi connectivity index (χ2n) is 6.17.